The fourth-order valence-corrected chi connectivity index (χ4v) is 4.39. The van der Waals surface area contributed by atoms with E-state index in [0.29, 0.717) is 40.5 Å². The van der Waals surface area contributed by atoms with Crippen LogP contribution in [-0.2, 0) is 20.9 Å². The minimum Gasteiger partial charge on any atom is -0.484 e. The molecule has 0 saturated heterocycles. The van der Waals surface area contributed by atoms with E-state index in [-0.39, 0.29) is 12.4 Å². The van der Waals surface area contributed by atoms with Crippen molar-refractivity contribution < 1.29 is 23.5 Å². The predicted molar refractivity (Wildman–Crippen MR) is 114 cm³/mol. The Morgan fingerprint density at radius 3 is 2.80 bits per heavy atom. The molecule has 0 saturated carbocycles. The van der Waals surface area contributed by atoms with Gasteiger partial charge in [-0.15, -0.1) is 0 Å². The van der Waals surface area contributed by atoms with Crippen molar-refractivity contribution in [1.82, 2.24) is 5.32 Å². The van der Waals surface area contributed by atoms with Crippen LogP contribution >= 0.6 is 15.9 Å². The number of Topliss-reactive ketones (excluding diaryl/α,β-unsaturated/α-hetero) is 1. The van der Waals surface area contributed by atoms with Gasteiger partial charge >= 0.3 is 5.97 Å². The fraction of sp³-hybridized carbons (Fsp3) is 0.304. The van der Waals surface area contributed by atoms with Gasteiger partial charge in [0, 0.05) is 23.4 Å². The van der Waals surface area contributed by atoms with Gasteiger partial charge in [-0.3, -0.25) is 4.79 Å². The average Bonchev–Trinajstić information content (AvgIpc) is 3.20. The topological polar surface area (TPSA) is 77.8 Å². The molecule has 156 valence electrons. The quantitative estimate of drug-likeness (QED) is 0.633. The van der Waals surface area contributed by atoms with Crippen LogP contribution < -0.4 is 10.1 Å². The summed E-state index contributed by atoms with van der Waals surface area (Å²) in [5, 5.41) is 3.24. The lowest BCUT2D eigenvalue weighted by Gasteiger charge is -2.32. The number of hydrogen-bond donors (Lipinski definition) is 1. The second-order valence-electron chi connectivity index (χ2n) is 7.28. The van der Waals surface area contributed by atoms with Crippen LogP contribution in [0.1, 0.15) is 43.6 Å². The summed E-state index contributed by atoms with van der Waals surface area (Å²) in [6.45, 7) is 2.05. The van der Waals surface area contributed by atoms with Gasteiger partial charge in [-0.1, -0.05) is 12.1 Å². The molecule has 4 rings (SSSR count). The first-order chi connectivity index (χ1) is 14.5. The SMILES string of the molecule is COC(=O)C1=C(C)NC2=C(C(=O)CCC2)C1c1ccc(COc2ccccc2Br)o1. The Kier molecular flexibility index (Phi) is 5.81. The number of dihydropyridines is 1. The van der Waals surface area contributed by atoms with Crippen molar-refractivity contribution in [2.75, 3.05) is 7.11 Å². The summed E-state index contributed by atoms with van der Waals surface area (Å²) in [4.78, 5) is 25.4. The molecule has 7 heteroatoms. The van der Waals surface area contributed by atoms with Crippen LogP contribution in [0.4, 0.5) is 0 Å². The lowest BCUT2D eigenvalue weighted by Crippen LogP contribution is -2.34. The van der Waals surface area contributed by atoms with E-state index >= 15 is 0 Å². The number of halogens is 1. The van der Waals surface area contributed by atoms with Crippen molar-refractivity contribution in [2.24, 2.45) is 0 Å². The van der Waals surface area contributed by atoms with Crippen molar-refractivity contribution in [3.63, 3.8) is 0 Å². The first-order valence-corrected chi connectivity index (χ1v) is 10.6. The molecule has 6 nitrogen and oxygen atoms in total. The number of para-hydroxylation sites is 1. The standard InChI is InChI=1S/C23H22BrNO5/c1-13-20(23(27)28-2)22(21-16(25-13)7-5-8-17(21)26)19-11-10-14(30-19)12-29-18-9-4-3-6-15(18)24/h3-4,6,9-11,22,25H,5,7-8,12H2,1-2H3. The Hall–Kier alpha value is -2.80. The number of carbonyl (C=O) groups excluding carboxylic acids is 2. The average molecular weight is 472 g/mol. The third-order valence-corrected chi connectivity index (χ3v) is 6.01. The van der Waals surface area contributed by atoms with Crippen LogP contribution in [0.3, 0.4) is 0 Å². The normalized spacial score (nSPS) is 18.8. The third-order valence-electron chi connectivity index (χ3n) is 5.35. The third kappa shape index (κ3) is 3.81. The number of ketones is 1. The lowest BCUT2D eigenvalue weighted by atomic mass is 9.77. The molecule has 1 aromatic carbocycles. The van der Waals surface area contributed by atoms with Gasteiger partial charge in [-0.25, -0.2) is 4.79 Å². The summed E-state index contributed by atoms with van der Waals surface area (Å²) in [7, 11) is 1.34. The first kappa shape index (κ1) is 20.5. The van der Waals surface area contributed by atoms with Gasteiger partial charge in [0.1, 0.15) is 23.9 Å². The van der Waals surface area contributed by atoms with Gasteiger partial charge < -0.3 is 19.2 Å². The molecule has 0 amide bonds. The summed E-state index contributed by atoms with van der Waals surface area (Å²) in [6.07, 6.45) is 2.02. The Morgan fingerprint density at radius 1 is 1.23 bits per heavy atom. The minimum atomic E-state index is -0.585. The number of carbonyl (C=O) groups is 2. The highest BCUT2D eigenvalue weighted by Crippen LogP contribution is 2.43. The number of nitrogens with one attached hydrogen (secondary N) is 1. The van der Waals surface area contributed by atoms with Crippen LogP contribution in [0.5, 0.6) is 5.75 Å². The number of ether oxygens (including phenoxy) is 2. The Bertz CT molecular complexity index is 1070. The highest BCUT2D eigenvalue weighted by Gasteiger charge is 2.40. The zero-order valence-electron chi connectivity index (χ0n) is 16.8. The van der Waals surface area contributed by atoms with E-state index in [1.807, 2.05) is 37.3 Å². The van der Waals surface area contributed by atoms with E-state index in [1.54, 1.807) is 6.07 Å². The molecule has 0 bridgehead atoms. The van der Waals surface area contributed by atoms with Crippen LogP contribution in [-0.4, -0.2) is 18.9 Å². The van der Waals surface area contributed by atoms with Crippen molar-refractivity contribution in [3.05, 3.63) is 74.9 Å². The van der Waals surface area contributed by atoms with Crippen molar-refractivity contribution in [1.29, 1.82) is 0 Å². The van der Waals surface area contributed by atoms with Crippen LogP contribution in [0.25, 0.3) is 0 Å². The van der Waals surface area contributed by atoms with E-state index < -0.39 is 11.9 Å². The molecule has 2 heterocycles. The molecule has 2 aromatic rings. The maximum absolute atomic E-state index is 12.8. The number of benzene rings is 1. The molecular weight excluding hydrogens is 450 g/mol. The fourth-order valence-electron chi connectivity index (χ4n) is 3.99. The van der Waals surface area contributed by atoms with E-state index in [9.17, 15) is 9.59 Å². The Balaban J connectivity index is 1.66. The number of hydrogen-bond acceptors (Lipinski definition) is 6. The predicted octanol–water partition coefficient (Wildman–Crippen LogP) is 4.76. The summed E-state index contributed by atoms with van der Waals surface area (Å²) in [5.74, 6) is 0.813. The number of rotatable bonds is 5. The Morgan fingerprint density at radius 2 is 2.03 bits per heavy atom. The minimum absolute atomic E-state index is 0.0325. The molecule has 1 aliphatic carbocycles. The van der Waals surface area contributed by atoms with Crippen molar-refractivity contribution in [3.8, 4) is 5.75 Å². The van der Waals surface area contributed by atoms with Crippen LogP contribution in [0.2, 0.25) is 0 Å². The summed E-state index contributed by atoms with van der Waals surface area (Å²) >= 11 is 3.46. The molecule has 1 N–H and O–H groups in total. The van der Waals surface area contributed by atoms with Crippen molar-refractivity contribution in [2.45, 2.75) is 38.7 Å². The van der Waals surface area contributed by atoms with Gasteiger partial charge in [0.05, 0.1) is 23.1 Å². The molecule has 30 heavy (non-hydrogen) atoms. The van der Waals surface area contributed by atoms with Gasteiger partial charge in [-0.05, 0) is 60.0 Å². The maximum atomic E-state index is 12.8. The summed E-state index contributed by atoms with van der Waals surface area (Å²) in [6, 6.07) is 11.2. The number of esters is 1. The van der Waals surface area contributed by atoms with Gasteiger partial charge in [-0.2, -0.15) is 0 Å². The second kappa shape index (κ2) is 8.52. The number of allylic oxidation sites excluding steroid dienone is 3. The Labute approximate surface area is 183 Å². The highest BCUT2D eigenvalue weighted by molar-refractivity contribution is 9.10. The van der Waals surface area contributed by atoms with E-state index in [4.69, 9.17) is 13.9 Å². The van der Waals surface area contributed by atoms with Gasteiger partial charge in [0.2, 0.25) is 0 Å². The largest absolute Gasteiger partial charge is 0.484 e. The summed E-state index contributed by atoms with van der Waals surface area (Å²) < 4.78 is 17.8. The van der Waals surface area contributed by atoms with Crippen molar-refractivity contribution >= 4 is 27.7 Å². The van der Waals surface area contributed by atoms with E-state index in [0.717, 1.165) is 23.0 Å². The molecular formula is C23H22BrNO5. The number of methoxy groups -OCH3 is 1. The molecule has 1 aliphatic heterocycles. The lowest BCUT2D eigenvalue weighted by molar-refractivity contribution is -0.136. The van der Waals surface area contributed by atoms with E-state index in [1.165, 1.54) is 7.11 Å². The smallest absolute Gasteiger partial charge is 0.336 e. The highest BCUT2D eigenvalue weighted by atomic mass is 79.9. The van der Waals surface area contributed by atoms with E-state index in [2.05, 4.69) is 21.2 Å². The summed E-state index contributed by atoms with van der Waals surface area (Å²) in [5.41, 5.74) is 2.55. The van der Waals surface area contributed by atoms with Crippen LogP contribution in [0.15, 0.2) is 67.8 Å². The molecule has 0 fully saturated rings. The zero-order valence-corrected chi connectivity index (χ0v) is 18.4. The molecule has 2 aliphatic rings. The molecule has 1 aromatic heterocycles. The molecule has 1 atom stereocenters. The maximum Gasteiger partial charge on any atom is 0.336 e. The zero-order chi connectivity index (χ0) is 21.3. The molecule has 0 radical (unpaired) electrons. The first-order valence-electron chi connectivity index (χ1n) is 9.78. The monoisotopic (exact) mass is 471 g/mol. The molecule has 1 unspecified atom stereocenters. The van der Waals surface area contributed by atoms with Gasteiger partial charge in [0.15, 0.2) is 5.78 Å². The molecule has 0 spiro atoms. The second-order valence-corrected chi connectivity index (χ2v) is 8.13. The number of furan rings is 1. The van der Waals surface area contributed by atoms with Gasteiger partial charge in [0.25, 0.3) is 0 Å². The van der Waals surface area contributed by atoms with Crippen LogP contribution in [0, 0.1) is 0 Å².